The molecule has 0 spiro atoms. The molecular weight excluding hydrogens is 430 g/mol. The molecule has 1 aliphatic rings. The van der Waals surface area contributed by atoms with Gasteiger partial charge in [0.15, 0.2) is 0 Å². The Morgan fingerprint density at radius 2 is 1.71 bits per heavy atom. The number of benzene rings is 1. The number of hydrogen-bond acceptors (Lipinski definition) is 4. The number of primary amides is 1. The number of ether oxygens (including phenoxy) is 1. The maximum Gasteiger partial charge on any atom is 0.279 e. The lowest BCUT2D eigenvalue weighted by Crippen LogP contribution is -2.37. The van der Waals surface area contributed by atoms with Gasteiger partial charge in [0, 0.05) is 55.9 Å². The number of nitrogens with two attached hydrogens (primary N) is 1. The van der Waals surface area contributed by atoms with Crippen molar-refractivity contribution >= 4 is 5.91 Å². The third-order valence-electron chi connectivity index (χ3n) is 6.98. The van der Waals surface area contributed by atoms with Crippen molar-refractivity contribution in [3.05, 3.63) is 63.3 Å². The molecule has 3 heterocycles. The number of para-hydroxylation sites is 1. The minimum absolute atomic E-state index is 0.145. The van der Waals surface area contributed by atoms with Gasteiger partial charge in [0.2, 0.25) is 0 Å². The van der Waals surface area contributed by atoms with E-state index in [2.05, 4.69) is 16.4 Å². The summed E-state index contributed by atoms with van der Waals surface area (Å²) >= 11 is 0. The van der Waals surface area contributed by atoms with Gasteiger partial charge >= 0.3 is 0 Å². The Labute approximate surface area is 200 Å². The van der Waals surface area contributed by atoms with Crippen LogP contribution >= 0.6 is 0 Å². The smallest absolute Gasteiger partial charge is 0.279 e. The highest BCUT2D eigenvalue weighted by atomic mass is 16.5. The second kappa shape index (κ2) is 10.0. The molecule has 0 radical (unpaired) electrons. The van der Waals surface area contributed by atoms with Gasteiger partial charge in [0.25, 0.3) is 11.5 Å². The van der Waals surface area contributed by atoms with E-state index in [9.17, 15) is 9.59 Å². The third-order valence-corrected chi connectivity index (χ3v) is 6.98. The molecule has 0 saturated carbocycles. The summed E-state index contributed by atoms with van der Waals surface area (Å²) in [5, 5.41) is 0. The average Bonchev–Trinajstić information content (AvgIpc) is 3.23. The SMILES string of the molecule is CCc1c(-c2c(C)n(C)n(-c3ccccc3)c2=O)c(C(N)=O)c(C)n1CCCN1CCOCC1. The van der Waals surface area contributed by atoms with Crippen molar-refractivity contribution in [2.45, 2.75) is 40.2 Å². The molecule has 0 unspecified atom stereocenters. The van der Waals surface area contributed by atoms with Crippen LogP contribution in [0.25, 0.3) is 16.8 Å². The monoisotopic (exact) mass is 465 g/mol. The summed E-state index contributed by atoms with van der Waals surface area (Å²) in [7, 11) is 1.87. The Balaban J connectivity index is 1.80. The largest absolute Gasteiger partial charge is 0.379 e. The van der Waals surface area contributed by atoms with Crippen LogP contribution in [0, 0.1) is 13.8 Å². The Morgan fingerprint density at radius 3 is 2.32 bits per heavy atom. The normalized spacial score (nSPS) is 14.6. The predicted octanol–water partition coefficient (Wildman–Crippen LogP) is 2.64. The highest BCUT2D eigenvalue weighted by Crippen LogP contribution is 2.34. The molecular formula is C26H35N5O3. The van der Waals surface area contributed by atoms with Crippen LogP contribution in [0.1, 0.15) is 40.8 Å². The summed E-state index contributed by atoms with van der Waals surface area (Å²) in [6.45, 7) is 11.1. The molecule has 2 N–H and O–H groups in total. The van der Waals surface area contributed by atoms with E-state index < -0.39 is 5.91 Å². The van der Waals surface area contributed by atoms with Crippen molar-refractivity contribution in [3.63, 3.8) is 0 Å². The lowest BCUT2D eigenvalue weighted by atomic mass is 9.99. The molecule has 3 aromatic rings. The quantitative estimate of drug-likeness (QED) is 0.554. The second-order valence-corrected chi connectivity index (χ2v) is 8.90. The number of hydrogen-bond donors (Lipinski definition) is 1. The Kier molecular flexibility index (Phi) is 7.09. The number of nitrogens with zero attached hydrogens (tertiary/aromatic N) is 4. The summed E-state index contributed by atoms with van der Waals surface area (Å²) in [6.07, 6.45) is 1.64. The summed E-state index contributed by atoms with van der Waals surface area (Å²) in [5.41, 5.74) is 10.8. The minimum Gasteiger partial charge on any atom is -0.379 e. The Hall–Kier alpha value is -3.10. The first kappa shape index (κ1) is 24.0. The molecule has 1 aliphatic heterocycles. The zero-order chi connectivity index (χ0) is 24.4. The van der Waals surface area contributed by atoms with Crippen LogP contribution in [-0.2, 0) is 24.8 Å². The van der Waals surface area contributed by atoms with E-state index in [1.807, 2.05) is 55.9 Å². The third kappa shape index (κ3) is 4.23. The van der Waals surface area contributed by atoms with Crippen molar-refractivity contribution < 1.29 is 9.53 Å². The van der Waals surface area contributed by atoms with Gasteiger partial charge in [-0.25, -0.2) is 4.68 Å². The summed E-state index contributed by atoms with van der Waals surface area (Å²) in [6, 6.07) is 9.55. The molecule has 0 bridgehead atoms. The van der Waals surface area contributed by atoms with E-state index in [4.69, 9.17) is 10.5 Å². The fourth-order valence-electron chi connectivity index (χ4n) is 5.17. The molecule has 2 aromatic heterocycles. The van der Waals surface area contributed by atoms with Crippen molar-refractivity contribution in [2.75, 3.05) is 32.8 Å². The van der Waals surface area contributed by atoms with E-state index in [1.54, 1.807) is 4.68 Å². The molecule has 0 aliphatic carbocycles. The molecule has 34 heavy (non-hydrogen) atoms. The van der Waals surface area contributed by atoms with Crippen molar-refractivity contribution in [3.8, 4) is 16.8 Å². The first-order valence-electron chi connectivity index (χ1n) is 12.0. The van der Waals surface area contributed by atoms with Crippen LogP contribution in [-0.4, -0.2) is 57.6 Å². The molecule has 1 fully saturated rings. The lowest BCUT2D eigenvalue weighted by Gasteiger charge is -2.26. The molecule has 0 atom stereocenters. The zero-order valence-corrected chi connectivity index (χ0v) is 20.6. The van der Waals surface area contributed by atoms with Crippen LogP contribution in [0.15, 0.2) is 35.1 Å². The molecule has 1 saturated heterocycles. The maximum atomic E-state index is 13.8. The van der Waals surface area contributed by atoms with E-state index in [1.165, 1.54) is 0 Å². The van der Waals surface area contributed by atoms with Gasteiger partial charge in [-0.2, -0.15) is 0 Å². The number of aromatic nitrogens is 3. The van der Waals surface area contributed by atoms with Gasteiger partial charge in [-0.05, 0) is 38.8 Å². The van der Waals surface area contributed by atoms with Gasteiger partial charge in [-0.15, -0.1) is 0 Å². The number of morpholine rings is 1. The fraction of sp³-hybridized carbons (Fsp3) is 0.462. The number of amides is 1. The number of carbonyl (C=O) groups excluding carboxylic acids is 1. The predicted molar refractivity (Wildman–Crippen MR) is 134 cm³/mol. The summed E-state index contributed by atoms with van der Waals surface area (Å²) in [4.78, 5) is 28.8. The van der Waals surface area contributed by atoms with Crippen LogP contribution in [0.3, 0.4) is 0 Å². The van der Waals surface area contributed by atoms with Gasteiger partial charge < -0.3 is 15.0 Å². The number of carbonyl (C=O) groups is 1. The van der Waals surface area contributed by atoms with E-state index in [0.717, 1.165) is 68.6 Å². The van der Waals surface area contributed by atoms with Gasteiger partial charge in [-0.1, -0.05) is 25.1 Å². The van der Waals surface area contributed by atoms with Crippen LogP contribution in [0.5, 0.6) is 0 Å². The van der Waals surface area contributed by atoms with Crippen LogP contribution in [0.4, 0.5) is 0 Å². The molecule has 4 rings (SSSR count). The van der Waals surface area contributed by atoms with Crippen molar-refractivity contribution in [1.82, 2.24) is 18.8 Å². The molecule has 1 amide bonds. The summed E-state index contributed by atoms with van der Waals surface area (Å²) < 4.78 is 11.1. The minimum atomic E-state index is -0.497. The molecule has 1 aromatic carbocycles. The fourth-order valence-corrected chi connectivity index (χ4v) is 5.17. The molecule has 8 nitrogen and oxygen atoms in total. The zero-order valence-electron chi connectivity index (χ0n) is 20.6. The Bertz CT molecular complexity index is 1230. The second-order valence-electron chi connectivity index (χ2n) is 8.90. The lowest BCUT2D eigenvalue weighted by molar-refractivity contribution is 0.0369. The van der Waals surface area contributed by atoms with Crippen molar-refractivity contribution in [2.24, 2.45) is 12.8 Å². The number of rotatable bonds is 8. The van der Waals surface area contributed by atoms with E-state index in [-0.39, 0.29) is 5.56 Å². The van der Waals surface area contributed by atoms with Gasteiger partial charge in [-0.3, -0.25) is 19.2 Å². The van der Waals surface area contributed by atoms with E-state index >= 15 is 0 Å². The average molecular weight is 466 g/mol. The van der Waals surface area contributed by atoms with Crippen LogP contribution < -0.4 is 11.3 Å². The first-order valence-corrected chi connectivity index (χ1v) is 12.0. The molecule has 8 heteroatoms. The highest BCUT2D eigenvalue weighted by molar-refractivity contribution is 6.02. The summed E-state index contributed by atoms with van der Waals surface area (Å²) in [5.74, 6) is -0.497. The Morgan fingerprint density at radius 1 is 1.03 bits per heavy atom. The van der Waals surface area contributed by atoms with Crippen LogP contribution in [0.2, 0.25) is 0 Å². The van der Waals surface area contributed by atoms with Gasteiger partial charge in [0.05, 0.1) is 30.0 Å². The van der Waals surface area contributed by atoms with E-state index in [0.29, 0.717) is 23.1 Å². The van der Waals surface area contributed by atoms with Crippen molar-refractivity contribution in [1.29, 1.82) is 0 Å². The maximum absolute atomic E-state index is 13.8. The van der Waals surface area contributed by atoms with Gasteiger partial charge in [0.1, 0.15) is 0 Å². The first-order chi connectivity index (χ1) is 16.4. The topological polar surface area (TPSA) is 87.4 Å². The standard InChI is InChI=1S/C26H35N5O3/c1-5-21-24(23-18(2)28(4)31(26(23)33)20-10-7-6-8-11-20)22(25(27)32)19(3)30(21)13-9-12-29-14-16-34-17-15-29/h6-8,10-11H,5,9,12-17H2,1-4H3,(H2,27,32). The highest BCUT2D eigenvalue weighted by Gasteiger charge is 2.29. The molecule has 182 valence electrons.